The molecule has 9 nitrogen and oxygen atoms in total. The summed E-state index contributed by atoms with van der Waals surface area (Å²) in [6.45, 7) is 5.60. The largest absolute Gasteiger partial charge is 0.386 e. The Hall–Kier alpha value is -3.73. The van der Waals surface area contributed by atoms with Gasteiger partial charge in [-0.05, 0) is 45.7 Å². The van der Waals surface area contributed by atoms with E-state index in [-0.39, 0.29) is 28.4 Å². The molecule has 4 rings (SSSR count). The minimum atomic E-state index is -1.04. The molecule has 1 amide bonds. The van der Waals surface area contributed by atoms with E-state index in [0.29, 0.717) is 48.6 Å². The highest BCUT2D eigenvalue weighted by molar-refractivity contribution is 5.93. The number of nitrogen functional groups attached to an aromatic ring is 1. The molecule has 0 saturated heterocycles. The molecular formula is C24H27F2N7O2. The third kappa shape index (κ3) is 4.90. The summed E-state index contributed by atoms with van der Waals surface area (Å²) in [6.07, 6.45) is 1.84. The fourth-order valence-corrected chi connectivity index (χ4v) is 4.06. The van der Waals surface area contributed by atoms with Gasteiger partial charge in [0.25, 0.3) is 5.91 Å². The molecule has 0 atom stereocenters. The average Bonchev–Trinajstić information content (AvgIpc) is 3.21. The highest BCUT2D eigenvalue weighted by Gasteiger charge is 2.22. The van der Waals surface area contributed by atoms with E-state index in [1.54, 1.807) is 44.9 Å². The van der Waals surface area contributed by atoms with E-state index in [1.807, 2.05) is 0 Å². The van der Waals surface area contributed by atoms with Crippen LogP contribution in [0.1, 0.15) is 54.3 Å². The molecule has 0 saturated carbocycles. The van der Waals surface area contributed by atoms with Gasteiger partial charge < -0.3 is 15.7 Å². The van der Waals surface area contributed by atoms with Gasteiger partial charge in [0.15, 0.2) is 17.3 Å². The van der Waals surface area contributed by atoms with Crippen LogP contribution in [0, 0.1) is 18.6 Å². The number of carbonyl (C=O) groups is 1. The Kier molecular flexibility index (Phi) is 6.37. The molecule has 0 aliphatic heterocycles. The standard InChI is InChI=1S/C24H27F2N7O2/c1-13-16(24(2,3)35)8-9-18(28-13)22(34)32(4)10-6-5-7-19-29-21-15-11-14(25)12-17(26)20(15)30-23(27)33(21)31-19/h8-9,11-12,35H,5-7,10H2,1-4H3,(H2,27,30). The maximum Gasteiger partial charge on any atom is 0.272 e. The summed E-state index contributed by atoms with van der Waals surface area (Å²) >= 11 is 0. The maximum absolute atomic E-state index is 14.1. The third-order valence-corrected chi connectivity index (χ3v) is 5.82. The first-order valence-corrected chi connectivity index (χ1v) is 11.2. The van der Waals surface area contributed by atoms with Crippen LogP contribution < -0.4 is 5.73 Å². The van der Waals surface area contributed by atoms with Crippen LogP contribution in [-0.4, -0.2) is 54.1 Å². The molecule has 35 heavy (non-hydrogen) atoms. The van der Waals surface area contributed by atoms with Crippen LogP contribution in [0.2, 0.25) is 0 Å². The Balaban J connectivity index is 1.40. The molecule has 11 heteroatoms. The average molecular weight is 484 g/mol. The third-order valence-electron chi connectivity index (χ3n) is 5.82. The predicted molar refractivity (Wildman–Crippen MR) is 127 cm³/mol. The Morgan fingerprint density at radius 3 is 2.60 bits per heavy atom. The van der Waals surface area contributed by atoms with Crippen molar-refractivity contribution in [1.82, 2.24) is 29.5 Å². The Bertz CT molecular complexity index is 1430. The smallest absolute Gasteiger partial charge is 0.272 e. The number of nitrogens with zero attached hydrogens (tertiary/aromatic N) is 6. The molecule has 0 fully saturated rings. The fraction of sp³-hybridized carbons (Fsp3) is 0.375. The molecule has 0 spiro atoms. The van der Waals surface area contributed by atoms with Crippen molar-refractivity contribution in [2.45, 2.75) is 45.6 Å². The Morgan fingerprint density at radius 2 is 1.91 bits per heavy atom. The molecule has 0 aliphatic carbocycles. The maximum atomic E-state index is 14.1. The second kappa shape index (κ2) is 9.14. The molecule has 0 radical (unpaired) electrons. The van der Waals surface area contributed by atoms with Crippen molar-refractivity contribution < 1.29 is 18.7 Å². The SMILES string of the molecule is Cc1nc(C(=O)N(C)CCCCc2nc3c4cc(F)cc(F)c4nc(N)n3n2)ccc1C(C)(C)O. The number of hydrogen-bond donors (Lipinski definition) is 2. The zero-order chi connectivity index (χ0) is 25.5. The van der Waals surface area contributed by atoms with Crippen LogP contribution in [0.3, 0.4) is 0 Å². The van der Waals surface area contributed by atoms with Crippen molar-refractivity contribution in [3.05, 3.63) is 58.7 Å². The van der Waals surface area contributed by atoms with Gasteiger partial charge in [-0.2, -0.15) is 4.52 Å². The van der Waals surface area contributed by atoms with Crippen molar-refractivity contribution in [1.29, 1.82) is 0 Å². The quantitative estimate of drug-likeness (QED) is 0.387. The zero-order valence-corrected chi connectivity index (χ0v) is 20.0. The summed E-state index contributed by atoms with van der Waals surface area (Å²) in [4.78, 5) is 27.1. The van der Waals surface area contributed by atoms with Crippen LogP contribution in [-0.2, 0) is 12.0 Å². The van der Waals surface area contributed by atoms with Crippen LogP contribution >= 0.6 is 0 Å². The number of aryl methyl sites for hydroxylation is 2. The van der Waals surface area contributed by atoms with E-state index in [1.165, 1.54) is 4.52 Å². The molecule has 4 aromatic rings. The molecule has 184 valence electrons. The lowest BCUT2D eigenvalue weighted by Gasteiger charge is -2.21. The van der Waals surface area contributed by atoms with Crippen LogP contribution in [0.25, 0.3) is 16.6 Å². The van der Waals surface area contributed by atoms with E-state index in [4.69, 9.17) is 5.73 Å². The van der Waals surface area contributed by atoms with E-state index >= 15 is 0 Å². The molecule has 3 N–H and O–H groups in total. The summed E-state index contributed by atoms with van der Waals surface area (Å²) in [6, 6.07) is 5.25. The summed E-state index contributed by atoms with van der Waals surface area (Å²) < 4.78 is 29.1. The van der Waals surface area contributed by atoms with Gasteiger partial charge in [-0.15, -0.1) is 5.10 Å². The number of anilines is 1. The van der Waals surface area contributed by atoms with Crippen molar-refractivity contribution in [2.24, 2.45) is 0 Å². The van der Waals surface area contributed by atoms with E-state index in [2.05, 4.69) is 20.1 Å². The monoisotopic (exact) mass is 483 g/mol. The molecule has 3 aromatic heterocycles. The fourth-order valence-electron chi connectivity index (χ4n) is 4.06. The minimum absolute atomic E-state index is 0.0412. The number of benzene rings is 1. The van der Waals surface area contributed by atoms with E-state index < -0.39 is 17.2 Å². The lowest BCUT2D eigenvalue weighted by atomic mass is 9.97. The summed E-state index contributed by atoms with van der Waals surface area (Å²) in [5, 5.41) is 14.7. The van der Waals surface area contributed by atoms with E-state index in [0.717, 1.165) is 12.1 Å². The molecule has 1 aromatic carbocycles. The van der Waals surface area contributed by atoms with Crippen molar-refractivity contribution >= 4 is 28.4 Å². The van der Waals surface area contributed by atoms with Crippen molar-refractivity contribution in [2.75, 3.05) is 19.3 Å². The number of carbonyl (C=O) groups excluding carboxylic acids is 1. The minimum Gasteiger partial charge on any atom is -0.386 e. The van der Waals surface area contributed by atoms with Gasteiger partial charge in [0, 0.05) is 37.3 Å². The second-order valence-electron chi connectivity index (χ2n) is 9.09. The normalized spacial score (nSPS) is 12.0. The van der Waals surface area contributed by atoms with Crippen molar-refractivity contribution in [3.63, 3.8) is 0 Å². The van der Waals surface area contributed by atoms with Gasteiger partial charge >= 0.3 is 0 Å². The first kappa shape index (κ1) is 24.4. The van der Waals surface area contributed by atoms with Crippen LogP contribution in [0.5, 0.6) is 0 Å². The van der Waals surface area contributed by atoms with Crippen molar-refractivity contribution in [3.8, 4) is 0 Å². The Labute approximate surface area is 200 Å². The first-order valence-electron chi connectivity index (χ1n) is 11.2. The number of aliphatic hydroxyl groups is 1. The van der Waals surface area contributed by atoms with Gasteiger partial charge in [0.2, 0.25) is 5.95 Å². The highest BCUT2D eigenvalue weighted by Crippen LogP contribution is 2.24. The first-order chi connectivity index (χ1) is 16.5. The van der Waals surface area contributed by atoms with Gasteiger partial charge in [-0.3, -0.25) is 4.79 Å². The molecule has 0 aliphatic rings. The highest BCUT2D eigenvalue weighted by atomic mass is 19.1. The number of rotatable bonds is 7. The predicted octanol–water partition coefficient (Wildman–Crippen LogP) is 3.16. The molecular weight excluding hydrogens is 456 g/mol. The number of aromatic nitrogens is 5. The van der Waals surface area contributed by atoms with E-state index in [9.17, 15) is 18.7 Å². The number of nitrogens with two attached hydrogens (primary N) is 1. The van der Waals surface area contributed by atoms with Crippen LogP contribution in [0.15, 0.2) is 24.3 Å². The van der Waals surface area contributed by atoms with Gasteiger partial charge in [0.05, 0.1) is 11.0 Å². The Morgan fingerprint density at radius 1 is 1.17 bits per heavy atom. The number of hydrogen-bond acceptors (Lipinski definition) is 7. The number of fused-ring (bicyclic) bond motifs is 3. The number of halogens is 2. The summed E-state index contributed by atoms with van der Waals surface area (Å²) in [5.41, 5.74) is 6.63. The van der Waals surface area contributed by atoms with Crippen LogP contribution in [0.4, 0.5) is 14.7 Å². The molecule has 3 heterocycles. The topological polar surface area (TPSA) is 123 Å². The second-order valence-corrected chi connectivity index (χ2v) is 9.09. The molecule has 0 bridgehead atoms. The lowest BCUT2D eigenvalue weighted by Crippen LogP contribution is -2.29. The number of unbranched alkanes of at least 4 members (excludes halogenated alkanes) is 1. The number of amides is 1. The zero-order valence-electron chi connectivity index (χ0n) is 20.0. The summed E-state index contributed by atoms with van der Waals surface area (Å²) in [5.74, 6) is -1.34. The van der Waals surface area contributed by atoms with Gasteiger partial charge in [-0.1, -0.05) is 6.07 Å². The number of pyridine rings is 1. The summed E-state index contributed by atoms with van der Waals surface area (Å²) in [7, 11) is 1.70. The van der Waals surface area contributed by atoms with Gasteiger partial charge in [-0.25, -0.2) is 23.7 Å². The molecule has 0 unspecified atom stereocenters. The van der Waals surface area contributed by atoms with Gasteiger partial charge in [0.1, 0.15) is 17.0 Å². The lowest BCUT2D eigenvalue weighted by molar-refractivity contribution is 0.0755.